The molecule has 0 aromatic heterocycles. The Morgan fingerprint density at radius 3 is 2.17 bits per heavy atom. The maximum absolute atomic E-state index is 9.96. The third-order valence-corrected chi connectivity index (χ3v) is 2.26. The van der Waals surface area contributed by atoms with E-state index in [4.69, 9.17) is 0 Å². The minimum absolute atomic E-state index is 0. The minimum atomic E-state index is -0.649. The van der Waals surface area contributed by atoms with Crippen molar-refractivity contribution >= 4 is 5.71 Å². The first-order valence-electron chi connectivity index (χ1n) is 4.27. The van der Waals surface area contributed by atoms with Crippen molar-refractivity contribution in [2.75, 3.05) is 7.05 Å². The van der Waals surface area contributed by atoms with Crippen molar-refractivity contribution in [2.45, 2.75) is 45.6 Å². The zero-order valence-electron chi connectivity index (χ0n) is 8.33. The van der Waals surface area contributed by atoms with Gasteiger partial charge in [0.15, 0.2) is 0 Å². The van der Waals surface area contributed by atoms with E-state index in [2.05, 4.69) is 11.9 Å². The van der Waals surface area contributed by atoms with E-state index in [0.29, 0.717) is 0 Å². The summed E-state index contributed by atoms with van der Waals surface area (Å²) in [5.41, 5.74) is 0.200. The maximum atomic E-state index is 9.96. The molecular formula is C9H19DyNO. The third-order valence-electron chi connectivity index (χ3n) is 2.26. The molecule has 3 heteroatoms. The molecule has 1 unspecified atom stereocenters. The van der Waals surface area contributed by atoms with Crippen LogP contribution in [0.15, 0.2) is 4.99 Å². The fraction of sp³-hybridized carbons (Fsp3) is 0.889. The van der Waals surface area contributed by atoms with Gasteiger partial charge in [0, 0.05) is 50.9 Å². The molecule has 0 radical (unpaired) electrons. The fourth-order valence-electron chi connectivity index (χ4n) is 1.24. The van der Waals surface area contributed by atoms with E-state index >= 15 is 0 Å². The summed E-state index contributed by atoms with van der Waals surface area (Å²) in [7, 11) is 1.73. The molecule has 2 nitrogen and oxygen atoms in total. The molecule has 1 N–H and O–H groups in total. The fourth-order valence-corrected chi connectivity index (χ4v) is 1.24. The molecule has 0 aliphatic rings. The summed E-state index contributed by atoms with van der Waals surface area (Å²) in [5.74, 6) is 0. The summed E-state index contributed by atoms with van der Waals surface area (Å²) in [6.45, 7) is 5.95. The summed E-state index contributed by atoms with van der Waals surface area (Å²) in [6.07, 6.45) is 2.56. The Balaban J connectivity index is 0. The SMILES string of the molecule is CCCC(O)(CC)C(C)=NC.[Dy]. The Labute approximate surface area is 106 Å². The van der Waals surface area contributed by atoms with E-state index in [1.165, 1.54) is 0 Å². The van der Waals surface area contributed by atoms with Gasteiger partial charge in [0.05, 0.1) is 0 Å². The van der Waals surface area contributed by atoms with E-state index in [1.807, 2.05) is 13.8 Å². The Bertz CT molecular complexity index is 147. The van der Waals surface area contributed by atoms with Crippen molar-refractivity contribution in [3.05, 3.63) is 0 Å². The quantitative estimate of drug-likeness (QED) is 0.790. The molecule has 76 valence electrons. The van der Waals surface area contributed by atoms with E-state index in [-0.39, 0.29) is 38.2 Å². The van der Waals surface area contributed by atoms with Gasteiger partial charge in [-0.1, -0.05) is 20.3 Å². The van der Waals surface area contributed by atoms with Gasteiger partial charge < -0.3 is 5.11 Å². The van der Waals surface area contributed by atoms with Crippen molar-refractivity contribution in [3.8, 4) is 0 Å². The Hall–Kier alpha value is 0.903. The molecule has 0 aromatic carbocycles. The van der Waals surface area contributed by atoms with Crippen LogP contribution in [-0.4, -0.2) is 23.5 Å². The third kappa shape index (κ3) is 4.23. The maximum Gasteiger partial charge on any atom is 0.102 e. The smallest absolute Gasteiger partial charge is 0.102 e. The van der Waals surface area contributed by atoms with E-state index < -0.39 is 5.60 Å². The van der Waals surface area contributed by atoms with Crippen LogP contribution in [0.4, 0.5) is 0 Å². The Morgan fingerprint density at radius 2 is 1.92 bits per heavy atom. The molecule has 0 saturated carbocycles. The van der Waals surface area contributed by atoms with Crippen LogP contribution in [0, 0.1) is 38.2 Å². The predicted octanol–water partition coefficient (Wildman–Crippen LogP) is 2.02. The summed E-state index contributed by atoms with van der Waals surface area (Å²) in [5, 5.41) is 9.96. The molecule has 1 atom stereocenters. The van der Waals surface area contributed by atoms with Gasteiger partial charge in [0.2, 0.25) is 0 Å². The molecule has 0 fully saturated rings. The predicted molar refractivity (Wildman–Crippen MR) is 49.2 cm³/mol. The van der Waals surface area contributed by atoms with Gasteiger partial charge >= 0.3 is 0 Å². The van der Waals surface area contributed by atoms with E-state index in [9.17, 15) is 5.11 Å². The van der Waals surface area contributed by atoms with Gasteiger partial charge in [-0.3, -0.25) is 4.99 Å². The number of rotatable bonds is 4. The first-order valence-corrected chi connectivity index (χ1v) is 4.27. The van der Waals surface area contributed by atoms with Crippen LogP contribution in [-0.2, 0) is 0 Å². The standard InChI is InChI=1S/C9H19NO.Dy/c1-5-7-9(11,6-2)8(3)10-4;/h11H,5-7H2,1-4H3;. The Kier molecular flexibility index (Phi) is 9.38. The van der Waals surface area contributed by atoms with E-state index in [1.54, 1.807) is 7.05 Å². The van der Waals surface area contributed by atoms with Gasteiger partial charge in [-0.25, -0.2) is 0 Å². The summed E-state index contributed by atoms with van der Waals surface area (Å²) >= 11 is 0. The largest absolute Gasteiger partial charge is 0.384 e. The topological polar surface area (TPSA) is 32.6 Å². The molecule has 0 amide bonds. The normalized spacial score (nSPS) is 16.6. The van der Waals surface area contributed by atoms with Crippen molar-refractivity contribution in [1.29, 1.82) is 0 Å². The Morgan fingerprint density at radius 1 is 1.42 bits per heavy atom. The van der Waals surface area contributed by atoms with Crippen molar-refractivity contribution in [3.63, 3.8) is 0 Å². The van der Waals surface area contributed by atoms with Crippen LogP contribution in [0.1, 0.15) is 40.0 Å². The summed E-state index contributed by atoms with van der Waals surface area (Å²) in [4.78, 5) is 4.02. The van der Waals surface area contributed by atoms with Crippen LogP contribution < -0.4 is 0 Å². The molecular weight excluding hydrogens is 301 g/mol. The molecule has 0 aromatic rings. The van der Waals surface area contributed by atoms with Crippen LogP contribution in [0.3, 0.4) is 0 Å². The van der Waals surface area contributed by atoms with Gasteiger partial charge in [-0.15, -0.1) is 0 Å². The second kappa shape index (κ2) is 7.32. The molecule has 0 rings (SSSR count). The average Bonchev–Trinajstić information content (AvgIpc) is 2.03. The molecule has 0 saturated heterocycles. The monoisotopic (exact) mass is 321 g/mol. The van der Waals surface area contributed by atoms with Crippen molar-refractivity contribution < 1.29 is 43.3 Å². The number of aliphatic imine (C=N–C) groups is 1. The van der Waals surface area contributed by atoms with Gasteiger partial charge in [0.1, 0.15) is 5.60 Å². The zero-order valence-corrected chi connectivity index (χ0v) is 10.4. The number of aliphatic hydroxyl groups is 1. The first-order chi connectivity index (χ1) is 5.10. The second-order valence-electron chi connectivity index (χ2n) is 2.94. The molecule has 0 aliphatic carbocycles. The van der Waals surface area contributed by atoms with Crippen LogP contribution in [0.25, 0.3) is 0 Å². The van der Waals surface area contributed by atoms with Gasteiger partial charge in [-0.05, 0) is 19.8 Å². The number of nitrogens with zero attached hydrogens (tertiary/aromatic N) is 1. The van der Waals surface area contributed by atoms with Crippen molar-refractivity contribution in [2.24, 2.45) is 4.99 Å². The molecule has 0 aliphatic heterocycles. The van der Waals surface area contributed by atoms with Crippen LogP contribution in [0.2, 0.25) is 0 Å². The molecule has 12 heavy (non-hydrogen) atoms. The van der Waals surface area contributed by atoms with E-state index in [0.717, 1.165) is 25.0 Å². The van der Waals surface area contributed by atoms with Gasteiger partial charge in [0.25, 0.3) is 0 Å². The van der Waals surface area contributed by atoms with Crippen LogP contribution >= 0.6 is 0 Å². The number of hydrogen-bond donors (Lipinski definition) is 1. The molecule has 0 bridgehead atoms. The molecule has 0 spiro atoms. The van der Waals surface area contributed by atoms with Gasteiger partial charge in [-0.2, -0.15) is 0 Å². The summed E-state index contributed by atoms with van der Waals surface area (Å²) < 4.78 is 0. The number of hydrogen-bond acceptors (Lipinski definition) is 2. The first kappa shape index (κ1) is 15.4. The van der Waals surface area contributed by atoms with Crippen LogP contribution in [0.5, 0.6) is 0 Å². The second-order valence-corrected chi connectivity index (χ2v) is 2.94. The zero-order chi connectivity index (χ0) is 8.91. The molecule has 0 heterocycles. The average molecular weight is 320 g/mol. The minimum Gasteiger partial charge on any atom is -0.384 e. The van der Waals surface area contributed by atoms with Crippen molar-refractivity contribution in [1.82, 2.24) is 0 Å². The summed E-state index contributed by atoms with van der Waals surface area (Å²) in [6, 6.07) is 0.